The van der Waals surface area contributed by atoms with Gasteiger partial charge < -0.3 is 31.7 Å². The lowest BCUT2D eigenvalue weighted by atomic mass is 10.0. The number of rotatable bonds is 10. The molecule has 0 unspecified atom stereocenters. The lowest BCUT2D eigenvalue weighted by Gasteiger charge is -2.32. The summed E-state index contributed by atoms with van der Waals surface area (Å²) in [4.78, 5) is 64.8. The zero-order chi connectivity index (χ0) is 25.5. The van der Waals surface area contributed by atoms with Crippen LogP contribution in [-0.4, -0.2) is 81.8 Å². The highest BCUT2D eigenvalue weighted by atomic mass is 16.4. The van der Waals surface area contributed by atoms with E-state index in [1.54, 1.807) is 0 Å². The number of carbonyl (C=O) groups is 5. The zero-order valence-electron chi connectivity index (χ0n) is 19.6. The van der Waals surface area contributed by atoms with Gasteiger partial charge in [-0.15, -0.1) is 0 Å². The Labute approximate surface area is 203 Å². The summed E-state index contributed by atoms with van der Waals surface area (Å²) in [5.41, 5.74) is 12.2. The van der Waals surface area contributed by atoms with Gasteiger partial charge in [0.15, 0.2) is 0 Å². The van der Waals surface area contributed by atoms with E-state index >= 15 is 0 Å². The van der Waals surface area contributed by atoms with Crippen molar-refractivity contribution in [3.05, 3.63) is 35.9 Å². The van der Waals surface area contributed by atoms with Crippen molar-refractivity contribution in [3.63, 3.8) is 0 Å². The van der Waals surface area contributed by atoms with Crippen molar-refractivity contribution in [2.45, 2.75) is 69.1 Å². The number of carboxylic acid groups (broad SMARTS) is 1. The van der Waals surface area contributed by atoms with Crippen LogP contribution in [0.4, 0.5) is 0 Å². The lowest BCUT2D eigenvalue weighted by molar-refractivity contribution is -0.148. The number of amides is 4. The van der Waals surface area contributed by atoms with E-state index in [4.69, 9.17) is 11.5 Å². The minimum Gasteiger partial charge on any atom is -0.480 e. The van der Waals surface area contributed by atoms with Gasteiger partial charge in [-0.3, -0.25) is 19.2 Å². The van der Waals surface area contributed by atoms with Crippen LogP contribution in [0.2, 0.25) is 0 Å². The molecule has 1 aromatic carbocycles. The molecular weight excluding hydrogens is 454 g/mol. The molecule has 2 heterocycles. The monoisotopic (exact) mass is 487 g/mol. The van der Waals surface area contributed by atoms with Crippen LogP contribution in [0.15, 0.2) is 30.3 Å². The highest BCUT2D eigenvalue weighted by Crippen LogP contribution is 2.26. The normalized spacial score (nSPS) is 21.4. The van der Waals surface area contributed by atoms with Gasteiger partial charge >= 0.3 is 5.97 Å². The van der Waals surface area contributed by atoms with Crippen molar-refractivity contribution < 1.29 is 29.1 Å². The Kier molecular flexibility index (Phi) is 8.80. The summed E-state index contributed by atoms with van der Waals surface area (Å²) in [6.45, 7) is 0.751. The molecule has 0 radical (unpaired) electrons. The number of nitrogens with one attached hydrogen (secondary N) is 1. The van der Waals surface area contributed by atoms with Crippen LogP contribution in [0.5, 0.6) is 0 Å². The Balaban J connectivity index is 1.65. The Morgan fingerprint density at radius 1 is 1.00 bits per heavy atom. The smallest absolute Gasteiger partial charge is 0.326 e. The van der Waals surface area contributed by atoms with Crippen molar-refractivity contribution in [1.29, 1.82) is 0 Å². The van der Waals surface area contributed by atoms with E-state index < -0.39 is 42.0 Å². The van der Waals surface area contributed by atoms with E-state index in [-0.39, 0.29) is 24.7 Å². The minimum atomic E-state index is -1.28. The number of primary amides is 1. The van der Waals surface area contributed by atoms with Crippen molar-refractivity contribution in [3.8, 4) is 0 Å². The fourth-order valence-electron chi connectivity index (χ4n) is 4.76. The third kappa shape index (κ3) is 6.56. The van der Waals surface area contributed by atoms with Crippen molar-refractivity contribution >= 4 is 29.6 Å². The van der Waals surface area contributed by atoms with Crippen LogP contribution in [0.1, 0.15) is 44.1 Å². The lowest BCUT2D eigenvalue weighted by Crippen LogP contribution is -2.56. The molecule has 2 aliphatic rings. The average Bonchev–Trinajstić information content (AvgIpc) is 3.51. The van der Waals surface area contributed by atoms with Gasteiger partial charge in [-0.2, -0.15) is 0 Å². The van der Waals surface area contributed by atoms with E-state index in [0.29, 0.717) is 45.2 Å². The van der Waals surface area contributed by atoms with Crippen LogP contribution in [0.3, 0.4) is 0 Å². The quantitative estimate of drug-likeness (QED) is 0.340. The van der Waals surface area contributed by atoms with Crippen LogP contribution in [0, 0.1) is 0 Å². The molecular formula is C24H33N5O6. The van der Waals surface area contributed by atoms with Crippen molar-refractivity contribution in [1.82, 2.24) is 15.1 Å². The molecule has 6 N–H and O–H groups in total. The second-order valence-corrected chi connectivity index (χ2v) is 9.08. The number of likely N-dealkylation sites (tertiary alicyclic amines) is 2. The molecule has 2 fully saturated rings. The predicted molar refractivity (Wildman–Crippen MR) is 126 cm³/mol. The molecule has 0 saturated carbocycles. The fourth-order valence-corrected chi connectivity index (χ4v) is 4.76. The minimum absolute atomic E-state index is 0.138. The summed E-state index contributed by atoms with van der Waals surface area (Å²) in [7, 11) is 0. The van der Waals surface area contributed by atoms with Gasteiger partial charge in [0.1, 0.15) is 18.1 Å². The summed E-state index contributed by atoms with van der Waals surface area (Å²) >= 11 is 0. The Hall–Kier alpha value is -3.47. The van der Waals surface area contributed by atoms with Crippen LogP contribution in [0.25, 0.3) is 0 Å². The third-order valence-electron chi connectivity index (χ3n) is 6.57. The number of carboxylic acids is 1. The molecule has 11 nitrogen and oxygen atoms in total. The zero-order valence-corrected chi connectivity index (χ0v) is 19.6. The molecule has 0 aliphatic carbocycles. The van der Waals surface area contributed by atoms with E-state index in [9.17, 15) is 29.1 Å². The number of carbonyl (C=O) groups excluding carboxylic acids is 4. The topological polar surface area (TPSA) is 176 Å². The van der Waals surface area contributed by atoms with E-state index in [1.165, 1.54) is 9.80 Å². The summed E-state index contributed by atoms with van der Waals surface area (Å²) < 4.78 is 0. The van der Waals surface area contributed by atoms with Crippen LogP contribution >= 0.6 is 0 Å². The Bertz CT molecular complexity index is 955. The molecule has 3 rings (SSSR count). The highest BCUT2D eigenvalue weighted by molar-refractivity contribution is 5.95. The molecule has 2 saturated heterocycles. The maximum atomic E-state index is 13.4. The standard InChI is InChI=1S/C24H33N5O6/c25-16(14-15-6-2-1-3-7-15)22(32)29-13-5-9-19(29)23(33)28-12-4-8-18(28)21(31)27-17(24(34)35)10-11-20(26)30/h1-3,6-7,16-19H,4-5,8-14,25H2,(H2,26,30)(H,27,31)(H,34,35)/t16-,17-,18-,19-/m0/s1. The molecule has 190 valence electrons. The second-order valence-electron chi connectivity index (χ2n) is 9.08. The van der Waals surface area contributed by atoms with Crippen molar-refractivity contribution in [2.75, 3.05) is 13.1 Å². The Morgan fingerprint density at radius 2 is 1.63 bits per heavy atom. The summed E-state index contributed by atoms with van der Waals surface area (Å²) in [6.07, 6.45) is 2.12. The van der Waals surface area contributed by atoms with Crippen LogP contribution < -0.4 is 16.8 Å². The largest absolute Gasteiger partial charge is 0.480 e. The number of hydrogen-bond acceptors (Lipinski definition) is 6. The van der Waals surface area contributed by atoms with Gasteiger partial charge in [-0.1, -0.05) is 30.3 Å². The molecule has 4 amide bonds. The van der Waals surface area contributed by atoms with Crippen molar-refractivity contribution in [2.24, 2.45) is 11.5 Å². The summed E-state index contributed by atoms with van der Waals surface area (Å²) in [5, 5.41) is 11.8. The predicted octanol–water partition coefficient (Wildman–Crippen LogP) is -0.627. The molecule has 35 heavy (non-hydrogen) atoms. The van der Waals surface area contributed by atoms with Gasteiger partial charge in [0.2, 0.25) is 23.6 Å². The van der Waals surface area contributed by atoms with Gasteiger partial charge in [0.25, 0.3) is 0 Å². The van der Waals surface area contributed by atoms with E-state index in [1.807, 2.05) is 30.3 Å². The van der Waals surface area contributed by atoms with Gasteiger partial charge in [0, 0.05) is 19.5 Å². The highest BCUT2D eigenvalue weighted by Gasteiger charge is 2.43. The summed E-state index contributed by atoms with van der Waals surface area (Å²) in [6, 6.07) is 5.79. The molecule has 0 spiro atoms. The van der Waals surface area contributed by atoms with E-state index in [0.717, 1.165) is 5.56 Å². The number of nitrogens with two attached hydrogens (primary N) is 2. The Morgan fingerprint density at radius 3 is 2.26 bits per heavy atom. The van der Waals surface area contributed by atoms with Gasteiger partial charge in [-0.05, 0) is 44.1 Å². The first-order valence-corrected chi connectivity index (χ1v) is 11.9. The number of nitrogens with zero attached hydrogens (tertiary/aromatic N) is 2. The number of hydrogen-bond donors (Lipinski definition) is 4. The summed E-state index contributed by atoms with van der Waals surface area (Å²) in [5.74, 6) is -3.17. The first-order chi connectivity index (χ1) is 16.7. The van der Waals surface area contributed by atoms with E-state index in [2.05, 4.69) is 5.32 Å². The van der Waals surface area contributed by atoms with Crippen LogP contribution in [-0.2, 0) is 30.4 Å². The molecule has 0 bridgehead atoms. The fraction of sp³-hybridized carbons (Fsp3) is 0.542. The molecule has 2 aliphatic heterocycles. The molecule has 4 atom stereocenters. The SMILES string of the molecule is NC(=O)CC[C@H](NC(=O)[C@@H]1CCCN1C(=O)[C@@H]1CCCN1C(=O)[C@@H](N)Cc1ccccc1)C(=O)O. The van der Waals surface area contributed by atoms with Gasteiger partial charge in [-0.25, -0.2) is 4.79 Å². The molecule has 0 aromatic heterocycles. The molecule has 1 aromatic rings. The second kappa shape index (κ2) is 11.8. The first kappa shape index (κ1) is 26.1. The third-order valence-corrected chi connectivity index (χ3v) is 6.57. The average molecular weight is 488 g/mol. The maximum Gasteiger partial charge on any atom is 0.326 e. The number of aliphatic carboxylic acids is 1. The first-order valence-electron chi connectivity index (χ1n) is 11.9. The molecule has 11 heteroatoms. The number of benzene rings is 1. The van der Waals surface area contributed by atoms with Gasteiger partial charge in [0.05, 0.1) is 6.04 Å². The maximum absolute atomic E-state index is 13.4.